The van der Waals surface area contributed by atoms with E-state index in [0.717, 1.165) is 4.88 Å². The van der Waals surface area contributed by atoms with Gasteiger partial charge in [-0.2, -0.15) is 0 Å². The Bertz CT molecular complexity index is 961. The molecule has 0 radical (unpaired) electrons. The fraction of sp³-hybridized carbons (Fsp3) is 0.188. The minimum Gasteiger partial charge on any atom is -0.324 e. The number of non-ortho nitro benzene ring substituents is 1. The van der Waals surface area contributed by atoms with Gasteiger partial charge in [0.25, 0.3) is 5.69 Å². The van der Waals surface area contributed by atoms with Crippen molar-refractivity contribution < 1.29 is 9.72 Å². The molecule has 2 N–H and O–H groups in total. The number of thioether (sulfide) groups is 1. The first kappa shape index (κ1) is 19.3. The number of rotatable bonds is 7. The molecule has 1 atom stereocenters. The van der Waals surface area contributed by atoms with Crippen LogP contribution in [0.5, 0.6) is 0 Å². The number of carbonyl (C=O) groups excluding carboxylic acids is 1. The van der Waals surface area contributed by atoms with E-state index in [4.69, 9.17) is 11.6 Å². The molecule has 0 saturated carbocycles. The molecule has 3 aromatic rings. The number of hydrogen-bond donors (Lipinski definition) is 2. The number of anilines is 1. The molecular weight excluding hydrogens is 410 g/mol. The zero-order valence-electron chi connectivity index (χ0n) is 14.0. The van der Waals surface area contributed by atoms with Crippen molar-refractivity contribution in [2.45, 2.75) is 23.8 Å². The minimum atomic E-state index is -0.549. The van der Waals surface area contributed by atoms with E-state index in [2.05, 4.69) is 20.5 Å². The molecule has 140 valence electrons. The molecule has 0 aliphatic rings. The Kier molecular flexibility index (Phi) is 6.09. The van der Waals surface area contributed by atoms with Crippen LogP contribution in [0.2, 0.25) is 5.02 Å². The average molecular weight is 424 g/mol. The molecule has 0 spiro atoms. The van der Waals surface area contributed by atoms with E-state index >= 15 is 0 Å². The second-order valence-corrected chi connectivity index (χ2v) is 8.24. The Morgan fingerprint density at radius 3 is 3.00 bits per heavy atom. The number of hydrogen-bond acceptors (Lipinski definition) is 7. The molecule has 2 aromatic heterocycles. The number of halogens is 1. The first-order valence-electron chi connectivity index (χ1n) is 7.77. The number of nitrogens with one attached hydrogen (secondary N) is 2. The van der Waals surface area contributed by atoms with Gasteiger partial charge in [0.1, 0.15) is 5.82 Å². The number of benzene rings is 1. The van der Waals surface area contributed by atoms with Crippen molar-refractivity contribution in [3.8, 4) is 0 Å². The van der Waals surface area contributed by atoms with Crippen molar-refractivity contribution in [3.63, 3.8) is 0 Å². The number of nitrogens with zero attached hydrogens (tertiary/aromatic N) is 3. The van der Waals surface area contributed by atoms with E-state index in [-0.39, 0.29) is 22.3 Å². The van der Waals surface area contributed by atoms with Crippen LogP contribution < -0.4 is 5.32 Å². The maximum atomic E-state index is 12.4. The minimum absolute atomic E-state index is 0.151. The number of amides is 1. The first-order chi connectivity index (χ1) is 12.9. The van der Waals surface area contributed by atoms with Crippen LogP contribution in [0.3, 0.4) is 0 Å². The Morgan fingerprint density at radius 2 is 2.30 bits per heavy atom. The van der Waals surface area contributed by atoms with Gasteiger partial charge in [-0.15, -0.1) is 16.4 Å². The zero-order valence-corrected chi connectivity index (χ0v) is 16.4. The number of thiophene rings is 1. The van der Waals surface area contributed by atoms with Crippen molar-refractivity contribution in [2.75, 3.05) is 5.32 Å². The normalized spacial score (nSPS) is 11.9. The van der Waals surface area contributed by atoms with Gasteiger partial charge >= 0.3 is 0 Å². The highest BCUT2D eigenvalue weighted by atomic mass is 35.5. The number of aromatic amines is 1. The van der Waals surface area contributed by atoms with Gasteiger partial charge in [-0.25, -0.2) is 4.98 Å². The van der Waals surface area contributed by atoms with Gasteiger partial charge in [-0.1, -0.05) is 29.4 Å². The second-order valence-electron chi connectivity index (χ2n) is 5.49. The highest BCUT2D eigenvalue weighted by Crippen LogP contribution is 2.28. The number of aromatic nitrogens is 3. The van der Waals surface area contributed by atoms with Gasteiger partial charge in [0.05, 0.1) is 20.9 Å². The van der Waals surface area contributed by atoms with Gasteiger partial charge in [0.15, 0.2) is 0 Å². The van der Waals surface area contributed by atoms with Crippen LogP contribution >= 0.6 is 34.7 Å². The van der Waals surface area contributed by atoms with Gasteiger partial charge in [0.2, 0.25) is 11.1 Å². The van der Waals surface area contributed by atoms with Crippen LogP contribution in [-0.2, 0) is 11.2 Å². The molecule has 2 heterocycles. The monoisotopic (exact) mass is 423 g/mol. The maximum absolute atomic E-state index is 12.4. The van der Waals surface area contributed by atoms with Gasteiger partial charge in [0, 0.05) is 23.4 Å². The lowest BCUT2D eigenvalue weighted by Crippen LogP contribution is -2.22. The van der Waals surface area contributed by atoms with Crippen LogP contribution in [0.25, 0.3) is 0 Å². The summed E-state index contributed by atoms with van der Waals surface area (Å²) in [6.45, 7) is 1.70. The van der Waals surface area contributed by atoms with E-state index in [1.54, 1.807) is 18.3 Å². The summed E-state index contributed by atoms with van der Waals surface area (Å²) < 4.78 is 0. The molecule has 0 saturated heterocycles. The molecule has 11 heteroatoms. The van der Waals surface area contributed by atoms with Crippen LogP contribution in [0.15, 0.2) is 40.9 Å². The van der Waals surface area contributed by atoms with E-state index in [1.807, 2.05) is 17.5 Å². The van der Waals surface area contributed by atoms with Crippen molar-refractivity contribution in [2.24, 2.45) is 0 Å². The summed E-state index contributed by atoms with van der Waals surface area (Å²) in [5.41, 5.74) is 0.0406. The van der Waals surface area contributed by atoms with Crippen LogP contribution in [0, 0.1) is 10.1 Å². The number of nitro benzene ring substituents is 1. The van der Waals surface area contributed by atoms with E-state index in [0.29, 0.717) is 17.4 Å². The zero-order chi connectivity index (χ0) is 19.4. The lowest BCUT2D eigenvalue weighted by atomic mass is 10.2. The van der Waals surface area contributed by atoms with Gasteiger partial charge < -0.3 is 5.32 Å². The predicted octanol–water partition coefficient (Wildman–Crippen LogP) is 4.14. The Hall–Kier alpha value is -2.43. The SMILES string of the molecule is CC(Sc1n[nH]c(Cc2cccs2)n1)C(=O)Nc1cc([N+](=O)[O-])ccc1Cl. The van der Waals surface area contributed by atoms with Crippen LogP contribution in [0.4, 0.5) is 11.4 Å². The molecule has 0 fully saturated rings. The van der Waals surface area contributed by atoms with Crippen LogP contribution in [0.1, 0.15) is 17.6 Å². The van der Waals surface area contributed by atoms with Crippen molar-refractivity contribution in [1.29, 1.82) is 0 Å². The highest BCUT2D eigenvalue weighted by Gasteiger charge is 2.19. The first-order valence-corrected chi connectivity index (χ1v) is 9.91. The fourth-order valence-electron chi connectivity index (χ4n) is 2.16. The molecule has 3 rings (SSSR count). The number of nitro groups is 1. The predicted molar refractivity (Wildman–Crippen MR) is 106 cm³/mol. The van der Waals surface area contributed by atoms with Crippen molar-refractivity contribution in [1.82, 2.24) is 15.2 Å². The molecule has 27 heavy (non-hydrogen) atoms. The van der Waals surface area contributed by atoms with E-state index in [1.165, 1.54) is 30.0 Å². The van der Waals surface area contributed by atoms with E-state index < -0.39 is 10.2 Å². The molecule has 1 amide bonds. The highest BCUT2D eigenvalue weighted by molar-refractivity contribution is 8.00. The molecule has 1 aromatic carbocycles. The Balaban J connectivity index is 1.62. The topological polar surface area (TPSA) is 114 Å². The fourth-order valence-corrected chi connectivity index (χ4v) is 3.77. The summed E-state index contributed by atoms with van der Waals surface area (Å²) in [6.07, 6.45) is 0.648. The molecular formula is C16H14ClN5O3S2. The lowest BCUT2D eigenvalue weighted by molar-refractivity contribution is -0.384. The third-order valence-electron chi connectivity index (χ3n) is 3.50. The van der Waals surface area contributed by atoms with Crippen molar-refractivity contribution in [3.05, 3.63) is 61.6 Å². The van der Waals surface area contributed by atoms with E-state index in [9.17, 15) is 14.9 Å². The largest absolute Gasteiger partial charge is 0.324 e. The second kappa shape index (κ2) is 8.51. The summed E-state index contributed by atoms with van der Waals surface area (Å²) in [7, 11) is 0. The smallest absolute Gasteiger partial charge is 0.271 e. The average Bonchev–Trinajstić information content (AvgIpc) is 3.29. The molecule has 8 nitrogen and oxygen atoms in total. The molecule has 0 aliphatic carbocycles. The Morgan fingerprint density at radius 1 is 1.48 bits per heavy atom. The maximum Gasteiger partial charge on any atom is 0.271 e. The third kappa shape index (κ3) is 5.06. The lowest BCUT2D eigenvalue weighted by Gasteiger charge is -2.11. The number of H-pyrrole nitrogens is 1. The number of carbonyl (C=O) groups is 1. The summed E-state index contributed by atoms with van der Waals surface area (Å²) in [6, 6.07) is 7.86. The van der Waals surface area contributed by atoms with Crippen molar-refractivity contribution >= 4 is 52.0 Å². The summed E-state index contributed by atoms with van der Waals surface area (Å²) in [5.74, 6) is 0.362. The molecule has 0 aliphatic heterocycles. The quantitative estimate of drug-likeness (QED) is 0.335. The van der Waals surface area contributed by atoms with Gasteiger partial charge in [-0.05, 0) is 24.4 Å². The summed E-state index contributed by atoms with van der Waals surface area (Å²) in [4.78, 5) is 28.2. The molecule has 1 unspecified atom stereocenters. The standard InChI is InChI=1S/C16H14ClN5O3S2/c1-9(15(23)18-13-7-10(22(24)25)4-5-12(13)17)27-16-19-14(20-21-16)8-11-3-2-6-26-11/h2-7,9H,8H2,1H3,(H,18,23)(H,19,20,21). The molecule has 0 bridgehead atoms. The van der Waals surface area contributed by atoms with Gasteiger partial charge in [-0.3, -0.25) is 20.0 Å². The summed E-state index contributed by atoms with van der Waals surface area (Å²) >= 11 is 8.82. The third-order valence-corrected chi connectivity index (χ3v) is 5.67. The Labute approximate surface area is 167 Å². The summed E-state index contributed by atoms with van der Waals surface area (Å²) in [5, 5.41) is 22.6. The van der Waals surface area contributed by atoms with Crippen LogP contribution in [-0.4, -0.2) is 31.3 Å².